The summed E-state index contributed by atoms with van der Waals surface area (Å²) in [5.41, 5.74) is 1.72. The van der Waals surface area contributed by atoms with Crippen LogP contribution in [0, 0.1) is 11.8 Å². The zero-order chi connectivity index (χ0) is 18.6. The molecule has 0 aliphatic carbocycles. The van der Waals surface area contributed by atoms with Crippen LogP contribution >= 0.6 is 24.8 Å². The van der Waals surface area contributed by atoms with E-state index in [2.05, 4.69) is 27.0 Å². The average molecular weight is 443 g/mol. The van der Waals surface area contributed by atoms with Gasteiger partial charge in [-0.1, -0.05) is 19.1 Å². The lowest BCUT2D eigenvalue weighted by Gasteiger charge is -2.37. The molecule has 0 unspecified atom stereocenters. The summed E-state index contributed by atoms with van der Waals surface area (Å²) >= 11 is 0. The van der Waals surface area contributed by atoms with Gasteiger partial charge in [-0.05, 0) is 56.8 Å². The van der Waals surface area contributed by atoms with Gasteiger partial charge in [-0.15, -0.1) is 24.8 Å². The molecule has 162 valence electrons. The highest BCUT2D eigenvalue weighted by molar-refractivity contribution is 5.85. The van der Waals surface area contributed by atoms with Crippen LogP contribution in [0.1, 0.15) is 32.6 Å². The Balaban J connectivity index is 0.00000150. The zero-order valence-corrected chi connectivity index (χ0v) is 18.6. The largest absolute Gasteiger partial charge is 0.423 e. The number of oxazole rings is 1. The minimum absolute atomic E-state index is 0. The molecule has 2 aliphatic rings. The van der Waals surface area contributed by atoms with E-state index in [4.69, 9.17) is 4.42 Å². The number of benzene rings is 1. The van der Waals surface area contributed by atoms with Crippen LogP contribution in [-0.4, -0.2) is 55.1 Å². The number of likely N-dealkylation sites (tertiary alicyclic amines) is 1. The van der Waals surface area contributed by atoms with E-state index in [1.54, 1.807) is 0 Å². The minimum atomic E-state index is 0. The first-order valence-corrected chi connectivity index (χ1v) is 10.3. The third-order valence-electron chi connectivity index (χ3n) is 6.01. The molecule has 2 saturated heterocycles. The lowest BCUT2D eigenvalue weighted by molar-refractivity contribution is -0.137. The van der Waals surface area contributed by atoms with Crippen molar-refractivity contribution in [2.24, 2.45) is 11.8 Å². The first-order chi connectivity index (χ1) is 13.2. The summed E-state index contributed by atoms with van der Waals surface area (Å²) in [5.74, 6) is 1.22. The van der Waals surface area contributed by atoms with Gasteiger partial charge in [0, 0.05) is 32.1 Å². The number of rotatable bonds is 5. The molecule has 4 rings (SSSR count). The van der Waals surface area contributed by atoms with E-state index < -0.39 is 0 Å². The van der Waals surface area contributed by atoms with E-state index in [0.717, 1.165) is 82.0 Å². The van der Waals surface area contributed by atoms with Crippen LogP contribution in [0.3, 0.4) is 0 Å². The molecule has 2 aromatic rings. The monoisotopic (exact) mass is 442 g/mol. The number of nitrogens with one attached hydrogen (secondary N) is 1. The first kappa shape index (κ1) is 23.8. The summed E-state index contributed by atoms with van der Waals surface area (Å²) in [6, 6.07) is 8.54. The van der Waals surface area contributed by atoms with Gasteiger partial charge in [0.15, 0.2) is 5.58 Å². The molecule has 1 amide bonds. The zero-order valence-electron chi connectivity index (χ0n) is 17.0. The second-order valence-electron chi connectivity index (χ2n) is 7.80. The van der Waals surface area contributed by atoms with Crippen LogP contribution < -0.4 is 10.2 Å². The molecule has 6 nitrogen and oxygen atoms in total. The first-order valence-electron chi connectivity index (χ1n) is 10.3. The van der Waals surface area contributed by atoms with Crippen LogP contribution in [0.2, 0.25) is 0 Å². The molecule has 3 heterocycles. The fraction of sp³-hybridized carbons (Fsp3) is 0.619. The molecule has 2 aliphatic heterocycles. The van der Waals surface area contributed by atoms with Crippen LogP contribution in [0.4, 0.5) is 6.01 Å². The molecular formula is C21H32Cl2N4O2. The highest BCUT2D eigenvalue weighted by atomic mass is 35.5. The van der Waals surface area contributed by atoms with Crippen LogP contribution in [0.15, 0.2) is 28.7 Å². The Morgan fingerprint density at radius 2 is 1.79 bits per heavy atom. The number of nitrogens with zero attached hydrogens (tertiary/aromatic N) is 3. The molecular weight excluding hydrogens is 411 g/mol. The van der Waals surface area contributed by atoms with Crippen molar-refractivity contribution in [1.29, 1.82) is 0 Å². The van der Waals surface area contributed by atoms with Gasteiger partial charge in [0.05, 0.1) is 0 Å². The van der Waals surface area contributed by atoms with Crippen molar-refractivity contribution in [2.75, 3.05) is 44.2 Å². The predicted octanol–water partition coefficient (Wildman–Crippen LogP) is 3.74. The Kier molecular flexibility index (Phi) is 9.05. The van der Waals surface area contributed by atoms with Gasteiger partial charge in [0.2, 0.25) is 5.91 Å². The maximum absolute atomic E-state index is 12.9. The molecule has 0 bridgehead atoms. The maximum Gasteiger partial charge on any atom is 0.298 e. The van der Waals surface area contributed by atoms with E-state index in [-0.39, 0.29) is 30.7 Å². The van der Waals surface area contributed by atoms with Crippen molar-refractivity contribution in [2.45, 2.75) is 32.6 Å². The second kappa shape index (κ2) is 11.0. The van der Waals surface area contributed by atoms with E-state index in [1.165, 1.54) is 0 Å². The third-order valence-corrected chi connectivity index (χ3v) is 6.01. The predicted molar refractivity (Wildman–Crippen MR) is 121 cm³/mol. The fourth-order valence-electron chi connectivity index (χ4n) is 4.28. The lowest BCUT2D eigenvalue weighted by atomic mass is 9.92. The topological polar surface area (TPSA) is 61.6 Å². The number of carbonyl (C=O) groups is 1. The molecule has 0 radical (unpaired) electrons. The van der Waals surface area contributed by atoms with Gasteiger partial charge in [0.25, 0.3) is 6.01 Å². The van der Waals surface area contributed by atoms with Crippen molar-refractivity contribution in [1.82, 2.24) is 15.2 Å². The number of fused-ring (bicyclic) bond motifs is 1. The summed E-state index contributed by atoms with van der Waals surface area (Å²) in [7, 11) is 0. The Bertz CT molecular complexity index is 736. The number of hydrogen-bond acceptors (Lipinski definition) is 5. The maximum atomic E-state index is 12.9. The number of para-hydroxylation sites is 2. The number of amides is 1. The minimum Gasteiger partial charge on any atom is -0.423 e. The van der Waals surface area contributed by atoms with Crippen LogP contribution in [0.25, 0.3) is 11.1 Å². The summed E-state index contributed by atoms with van der Waals surface area (Å²) in [6.45, 7) is 7.76. The number of piperidine rings is 2. The van der Waals surface area contributed by atoms with E-state index in [9.17, 15) is 4.79 Å². The second-order valence-corrected chi connectivity index (χ2v) is 7.80. The van der Waals surface area contributed by atoms with Gasteiger partial charge >= 0.3 is 0 Å². The molecule has 0 atom stereocenters. The van der Waals surface area contributed by atoms with E-state index >= 15 is 0 Å². The van der Waals surface area contributed by atoms with Crippen molar-refractivity contribution in [3.05, 3.63) is 24.3 Å². The Labute approximate surface area is 185 Å². The molecule has 0 spiro atoms. The highest BCUT2D eigenvalue weighted by Crippen LogP contribution is 2.28. The number of carbonyl (C=O) groups excluding carboxylic acids is 1. The normalized spacial score (nSPS) is 18.4. The average Bonchev–Trinajstić information content (AvgIpc) is 3.16. The van der Waals surface area contributed by atoms with E-state index in [0.29, 0.717) is 11.9 Å². The van der Waals surface area contributed by atoms with Crippen LogP contribution in [-0.2, 0) is 4.79 Å². The van der Waals surface area contributed by atoms with Crippen molar-refractivity contribution in [3.63, 3.8) is 0 Å². The number of anilines is 1. The number of hydrogen-bond donors (Lipinski definition) is 1. The Hall–Kier alpha value is -1.50. The van der Waals surface area contributed by atoms with Crippen LogP contribution in [0.5, 0.6) is 0 Å². The quantitative estimate of drug-likeness (QED) is 0.763. The highest BCUT2D eigenvalue weighted by Gasteiger charge is 2.31. The van der Waals surface area contributed by atoms with E-state index in [1.807, 2.05) is 24.3 Å². The Morgan fingerprint density at radius 1 is 1.10 bits per heavy atom. The summed E-state index contributed by atoms with van der Waals surface area (Å²) in [4.78, 5) is 21.8. The number of aromatic nitrogens is 1. The summed E-state index contributed by atoms with van der Waals surface area (Å²) in [5, 5.41) is 3.43. The van der Waals surface area contributed by atoms with Crippen molar-refractivity contribution >= 4 is 47.8 Å². The van der Waals surface area contributed by atoms with Crippen molar-refractivity contribution in [3.8, 4) is 0 Å². The summed E-state index contributed by atoms with van der Waals surface area (Å²) in [6.07, 6.45) is 4.02. The van der Waals surface area contributed by atoms with Gasteiger partial charge in [-0.25, -0.2) is 0 Å². The van der Waals surface area contributed by atoms with Gasteiger partial charge in [0.1, 0.15) is 5.52 Å². The molecule has 1 aromatic heterocycles. The smallest absolute Gasteiger partial charge is 0.298 e. The van der Waals surface area contributed by atoms with Gasteiger partial charge in [-0.3, -0.25) is 4.79 Å². The molecule has 2 fully saturated rings. The lowest BCUT2D eigenvalue weighted by Crippen LogP contribution is -2.46. The molecule has 8 heteroatoms. The molecule has 1 N–H and O–H groups in total. The van der Waals surface area contributed by atoms with Gasteiger partial charge in [-0.2, -0.15) is 4.98 Å². The fourth-order valence-corrected chi connectivity index (χ4v) is 4.28. The van der Waals surface area contributed by atoms with Crippen molar-refractivity contribution < 1.29 is 9.21 Å². The SMILES string of the molecule is CCNCC1CCN(C(=O)C2CCN(c3nc4ccccc4o3)CC2)CC1.Cl.Cl. The molecule has 0 saturated carbocycles. The summed E-state index contributed by atoms with van der Waals surface area (Å²) < 4.78 is 5.88. The molecule has 1 aromatic carbocycles. The molecule has 29 heavy (non-hydrogen) atoms. The Morgan fingerprint density at radius 3 is 2.45 bits per heavy atom. The van der Waals surface area contributed by atoms with Gasteiger partial charge < -0.3 is 19.5 Å². The third kappa shape index (κ3) is 5.56. The standard InChI is InChI=1S/C21H30N4O2.2ClH/c1-2-22-15-16-7-11-24(12-8-16)20(26)17-9-13-25(14-10-17)21-23-18-5-3-4-6-19(18)27-21;;/h3-6,16-17,22H,2,7-15H2,1H3;2*1H. The number of halogens is 2.